The molecule has 2 rings (SSSR count). The summed E-state index contributed by atoms with van der Waals surface area (Å²) in [4.78, 5) is 14.1. The third-order valence-electron chi connectivity index (χ3n) is 2.95. The van der Waals surface area contributed by atoms with Crippen molar-refractivity contribution in [1.82, 2.24) is 4.98 Å². The van der Waals surface area contributed by atoms with E-state index in [1.165, 1.54) is 12.4 Å². The molecule has 1 aromatic rings. The minimum absolute atomic E-state index is 0.0951. The number of nitrogens with zero attached hydrogens (tertiary/aromatic N) is 2. The molecular formula is C10H12BrN3O3. The molecule has 1 aliphatic carbocycles. The normalized spacial score (nSPS) is 17.3. The van der Waals surface area contributed by atoms with Crippen LogP contribution in [-0.4, -0.2) is 27.2 Å². The van der Waals surface area contributed by atoms with Crippen molar-refractivity contribution in [3.8, 4) is 0 Å². The van der Waals surface area contributed by atoms with Gasteiger partial charge in [-0.2, -0.15) is 0 Å². The molecule has 7 heteroatoms. The molecule has 2 N–H and O–H groups in total. The van der Waals surface area contributed by atoms with Crippen LogP contribution in [0.3, 0.4) is 0 Å². The largest absolute Gasteiger partial charge is 0.388 e. The average Bonchev–Trinajstić information content (AvgIpc) is 2.24. The van der Waals surface area contributed by atoms with Gasteiger partial charge in [0.05, 0.1) is 15.0 Å². The Hall–Kier alpha value is -1.21. The molecule has 0 radical (unpaired) electrons. The lowest BCUT2D eigenvalue weighted by atomic mass is 9.80. The van der Waals surface area contributed by atoms with Crippen LogP contribution in [-0.2, 0) is 0 Å². The fourth-order valence-electron chi connectivity index (χ4n) is 1.75. The van der Waals surface area contributed by atoms with Crippen molar-refractivity contribution in [2.24, 2.45) is 0 Å². The molecule has 6 nitrogen and oxygen atoms in total. The zero-order chi connectivity index (χ0) is 12.5. The molecule has 1 aliphatic rings. The van der Waals surface area contributed by atoms with Crippen LogP contribution in [0, 0.1) is 10.1 Å². The van der Waals surface area contributed by atoms with Gasteiger partial charge in [0.15, 0.2) is 0 Å². The van der Waals surface area contributed by atoms with Crippen molar-refractivity contribution in [2.75, 3.05) is 11.9 Å². The molecule has 0 aliphatic heterocycles. The molecule has 92 valence electrons. The van der Waals surface area contributed by atoms with E-state index in [0.29, 0.717) is 16.7 Å². The number of anilines is 1. The first-order valence-corrected chi connectivity index (χ1v) is 6.05. The highest BCUT2D eigenvalue weighted by atomic mass is 79.9. The lowest BCUT2D eigenvalue weighted by Crippen LogP contribution is -2.43. The lowest BCUT2D eigenvalue weighted by molar-refractivity contribution is -0.384. The fraction of sp³-hybridized carbons (Fsp3) is 0.500. The summed E-state index contributed by atoms with van der Waals surface area (Å²) in [6.07, 6.45) is 5.14. The second-order valence-electron chi connectivity index (χ2n) is 4.20. The van der Waals surface area contributed by atoms with E-state index < -0.39 is 10.5 Å². The molecule has 1 fully saturated rings. The van der Waals surface area contributed by atoms with Crippen LogP contribution in [0.15, 0.2) is 16.9 Å². The van der Waals surface area contributed by atoms with Crippen LogP contribution < -0.4 is 5.32 Å². The van der Waals surface area contributed by atoms with Crippen LogP contribution in [0.1, 0.15) is 19.3 Å². The minimum atomic E-state index is -0.726. The van der Waals surface area contributed by atoms with Gasteiger partial charge in [0.1, 0.15) is 11.9 Å². The highest BCUT2D eigenvalue weighted by molar-refractivity contribution is 9.10. The first kappa shape index (κ1) is 12.3. The van der Waals surface area contributed by atoms with Gasteiger partial charge >= 0.3 is 5.69 Å². The standard InChI is InChI=1S/C10H12BrN3O3/c11-7-4-12-5-8(14(16)17)9(7)13-6-10(15)2-1-3-10/h4-5,15H,1-3,6H2,(H,12,13). The number of halogens is 1. The van der Waals surface area contributed by atoms with Gasteiger partial charge in [-0.1, -0.05) is 0 Å². The number of hydrogen-bond donors (Lipinski definition) is 2. The third kappa shape index (κ3) is 2.55. The minimum Gasteiger partial charge on any atom is -0.388 e. The number of pyridine rings is 1. The monoisotopic (exact) mass is 301 g/mol. The molecule has 1 saturated carbocycles. The van der Waals surface area contributed by atoms with Crippen molar-refractivity contribution in [3.05, 3.63) is 27.0 Å². The molecule has 0 aromatic carbocycles. The van der Waals surface area contributed by atoms with Crippen LogP contribution in [0.5, 0.6) is 0 Å². The van der Waals surface area contributed by atoms with Gasteiger partial charge in [0.2, 0.25) is 0 Å². The second kappa shape index (κ2) is 4.58. The van der Waals surface area contributed by atoms with Gasteiger partial charge in [0, 0.05) is 12.7 Å². The Morgan fingerprint density at radius 1 is 1.59 bits per heavy atom. The molecule has 1 aromatic heterocycles. The molecule has 17 heavy (non-hydrogen) atoms. The zero-order valence-corrected chi connectivity index (χ0v) is 10.6. The van der Waals surface area contributed by atoms with Crippen LogP contribution in [0.4, 0.5) is 11.4 Å². The SMILES string of the molecule is O=[N+]([O-])c1cncc(Br)c1NCC1(O)CCC1. The topological polar surface area (TPSA) is 88.3 Å². The van der Waals surface area contributed by atoms with Gasteiger partial charge in [0.25, 0.3) is 0 Å². The van der Waals surface area contributed by atoms with E-state index in [2.05, 4.69) is 26.2 Å². The highest BCUT2D eigenvalue weighted by Gasteiger charge is 2.34. The lowest BCUT2D eigenvalue weighted by Gasteiger charge is -2.36. The Morgan fingerprint density at radius 2 is 2.29 bits per heavy atom. The Bertz CT molecular complexity index is 448. The molecule has 0 atom stereocenters. The number of aliphatic hydroxyl groups is 1. The fourth-order valence-corrected chi connectivity index (χ4v) is 2.21. The maximum absolute atomic E-state index is 10.8. The number of hydrogen-bond acceptors (Lipinski definition) is 5. The molecular weight excluding hydrogens is 290 g/mol. The maximum atomic E-state index is 10.8. The molecule has 0 amide bonds. The van der Waals surface area contributed by atoms with Gasteiger partial charge in [-0.05, 0) is 35.2 Å². The summed E-state index contributed by atoms with van der Waals surface area (Å²) in [5.41, 5.74) is -0.455. The molecule has 0 spiro atoms. The van der Waals surface area contributed by atoms with E-state index >= 15 is 0 Å². The first-order valence-electron chi connectivity index (χ1n) is 5.26. The number of aromatic nitrogens is 1. The van der Waals surface area contributed by atoms with Gasteiger partial charge in [-0.3, -0.25) is 15.1 Å². The maximum Gasteiger partial charge on any atom is 0.311 e. The summed E-state index contributed by atoms with van der Waals surface area (Å²) < 4.78 is 0.523. The summed E-state index contributed by atoms with van der Waals surface area (Å²) in [6, 6.07) is 0. The number of nitrogens with one attached hydrogen (secondary N) is 1. The molecule has 0 bridgehead atoms. The molecule has 0 saturated heterocycles. The van der Waals surface area contributed by atoms with Crippen molar-refractivity contribution in [3.63, 3.8) is 0 Å². The first-order chi connectivity index (χ1) is 8.02. The van der Waals surface area contributed by atoms with Crippen molar-refractivity contribution in [2.45, 2.75) is 24.9 Å². The van der Waals surface area contributed by atoms with Crippen molar-refractivity contribution in [1.29, 1.82) is 0 Å². The van der Waals surface area contributed by atoms with Crippen molar-refractivity contribution < 1.29 is 10.0 Å². The Balaban J connectivity index is 2.16. The number of nitro groups is 1. The summed E-state index contributed by atoms with van der Waals surface area (Å²) in [6.45, 7) is 0.316. The second-order valence-corrected chi connectivity index (χ2v) is 5.06. The summed E-state index contributed by atoms with van der Waals surface area (Å²) in [5, 5.41) is 23.7. The van der Waals surface area contributed by atoms with Gasteiger partial charge in [-0.15, -0.1) is 0 Å². The van der Waals surface area contributed by atoms with E-state index in [4.69, 9.17) is 0 Å². The third-order valence-corrected chi connectivity index (χ3v) is 3.56. The smallest absolute Gasteiger partial charge is 0.311 e. The summed E-state index contributed by atoms with van der Waals surface area (Å²) in [5.74, 6) is 0. The van der Waals surface area contributed by atoms with E-state index in [1.807, 2.05) is 0 Å². The Labute approximate surface area is 106 Å². The molecule has 0 unspecified atom stereocenters. The van der Waals surface area contributed by atoms with Crippen LogP contribution in [0.25, 0.3) is 0 Å². The van der Waals surface area contributed by atoms with Crippen molar-refractivity contribution >= 4 is 27.3 Å². The van der Waals surface area contributed by atoms with Gasteiger partial charge < -0.3 is 10.4 Å². The van der Waals surface area contributed by atoms with Crippen LogP contribution >= 0.6 is 15.9 Å². The van der Waals surface area contributed by atoms with E-state index in [1.54, 1.807) is 0 Å². The van der Waals surface area contributed by atoms with E-state index in [9.17, 15) is 15.2 Å². The van der Waals surface area contributed by atoms with E-state index in [-0.39, 0.29) is 5.69 Å². The predicted molar refractivity (Wildman–Crippen MR) is 65.9 cm³/mol. The van der Waals surface area contributed by atoms with Crippen LogP contribution in [0.2, 0.25) is 0 Å². The highest BCUT2D eigenvalue weighted by Crippen LogP contribution is 2.35. The summed E-state index contributed by atoms with van der Waals surface area (Å²) >= 11 is 3.21. The molecule has 1 heterocycles. The summed E-state index contributed by atoms with van der Waals surface area (Å²) in [7, 11) is 0. The Kier molecular flexibility index (Phi) is 3.30. The van der Waals surface area contributed by atoms with Gasteiger partial charge in [-0.25, -0.2) is 0 Å². The quantitative estimate of drug-likeness (QED) is 0.656. The Morgan fingerprint density at radius 3 is 2.82 bits per heavy atom. The number of rotatable bonds is 4. The van der Waals surface area contributed by atoms with E-state index in [0.717, 1.165) is 19.3 Å². The zero-order valence-electron chi connectivity index (χ0n) is 9.02. The predicted octanol–water partition coefficient (Wildman–Crippen LogP) is 2.08. The average molecular weight is 302 g/mol.